The normalized spacial score (nSPS) is 13.4. The first-order valence-corrected chi connectivity index (χ1v) is 10.9. The van der Waals surface area contributed by atoms with Crippen LogP contribution in [-0.4, -0.2) is 16.2 Å². The lowest BCUT2D eigenvalue weighted by Crippen LogP contribution is -2.19. The quantitative estimate of drug-likeness (QED) is 0.288. The molecule has 0 amide bonds. The Labute approximate surface area is 166 Å². The molecule has 148 valence electrons. The summed E-state index contributed by atoms with van der Waals surface area (Å²) in [6.45, 7) is 8.64. The summed E-state index contributed by atoms with van der Waals surface area (Å²) >= 11 is 5.57. The number of aryl methyl sites for hydroxylation is 2. The topological polar surface area (TPSA) is 32.3 Å². The summed E-state index contributed by atoms with van der Waals surface area (Å²) in [6, 6.07) is 6.44. The molecule has 3 heteroatoms. The van der Waals surface area contributed by atoms with Crippen molar-refractivity contribution in [2.75, 3.05) is 5.32 Å². The van der Waals surface area contributed by atoms with Gasteiger partial charge in [-0.25, -0.2) is 0 Å². The summed E-state index contributed by atoms with van der Waals surface area (Å²) in [5.74, 6) is 0.340. The molecule has 0 bridgehead atoms. The molecule has 2 N–H and O–H groups in total. The summed E-state index contributed by atoms with van der Waals surface area (Å²) in [6.07, 6.45) is 11.5. The number of aliphatic hydroxyl groups is 1. The molecule has 26 heavy (non-hydrogen) atoms. The number of rotatable bonds is 13. The van der Waals surface area contributed by atoms with Crippen molar-refractivity contribution in [3.8, 4) is 0 Å². The number of nitrogens with one attached hydrogen (secondary N) is 1. The minimum Gasteiger partial charge on any atom is -0.393 e. The van der Waals surface area contributed by atoms with Crippen LogP contribution in [0.4, 0.5) is 5.69 Å². The van der Waals surface area contributed by atoms with Crippen LogP contribution in [0.1, 0.15) is 89.2 Å². The van der Waals surface area contributed by atoms with Gasteiger partial charge in [-0.05, 0) is 56.4 Å². The second-order valence-electron chi connectivity index (χ2n) is 7.91. The first-order valence-electron chi connectivity index (χ1n) is 10.5. The molecule has 0 radical (unpaired) electrons. The third kappa shape index (κ3) is 10.3. The number of benzene rings is 1. The van der Waals surface area contributed by atoms with Crippen molar-refractivity contribution in [1.29, 1.82) is 0 Å². The van der Waals surface area contributed by atoms with E-state index in [9.17, 15) is 5.11 Å². The third-order valence-corrected chi connectivity index (χ3v) is 5.51. The Morgan fingerprint density at radius 2 is 1.50 bits per heavy atom. The van der Waals surface area contributed by atoms with E-state index < -0.39 is 0 Å². The molecule has 2 atom stereocenters. The molecule has 0 aromatic heterocycles. The Balaban J connectivity index is 2.18. The molecule has 1 aromatic carbocycles. The van der Waals surface area contributed by atoms with Crippen LogP contribution >= 0.6 is 12.2 Å². The van der Waals surface area contributed by atoms with E-state index in [1.807, 2.05) is 0 Å². The third-order valence-electron chi connectivity index (χ3n) is 5.00. The molecule has 1 unspecified atom stereocenters. The molecule has 0 saturated carbocycles. The van der Waals surface area contributed by atoms with Gasteiger partial charge >= 0.3 is 0 Å². The predicted octanol–water partition coefficient (Wildman–Crippen LogP) is 6.96. The molecule has 0 aliphatic heterocycles. The van der Waals surface area contributed by atoms with Crippen LogP contribution in [0.3, 0.4) is 0 Å². The van der Waals surface area contributed by atoms with Crippen molar-refractivity contribution in [3.05, 3.63) is 29.3 Å². The van der Waals surface area contributed by atoms with Gasteiger partial charge in [-0.1, -0.05) is 77.1 Å². The highest BCUT2D eigenvalue weighted by atomic mass is 32.1. The standard InChI is InChI=1S/C23H39NOS/c1-5-6-7-8-9-10-13-22(25)14-11-12-20(4)23(26)24-21-16-18(2)15-19(3)17-21/h15-17,20,22,25H,5-14H2,1-4H3,(H,24,26)/t20?,22-/m0/s1. The van der Waals surface area contributed by atoms with Crippen molar-refractivity contribution >= 4 is 22.9 Å². The lowest BCUT2D eigenvalue weighted by atomic mass is 9.99. The van der Waals surface area contributed by atoms with E-state index in [0.29, 0.717) is 5.92 Å². The number of aliphatic hydroxyl groups excluding tert-OH is 1. The fourth-order valence-electron chi connectivity index (χ4n) is 3.41. The Hall–Kier alpha value is -0.930. The summed E-state index contributed by atoms with van der Waals surface area (Å²) in [7, 11) is 0. The van der Waals surface area contributed by atoms with Crippen LogP contribution in [0.15, 0.2) is 18.2 Å². The van der Waals surface area contributed by atoms with E-state index in [0.717, 1.165) is 42.8 Å². The number of hydrogen-bond donors (Lipinski definition) is 2. The smallest absolute Gasteiger partial charge is 0.0825 e. The van der Waals surface area contributed by atoms with Crippen LogP contribution in [0, 0.1) is 19.8 Å². The van der Waals surface area contributed by atoms with Crippen LogP contribution in [0.2, 0.25) is 0 Å². The second-order valence-corrected chi connectivity index (χ2v) is 8.35. The maximum Gasteiger partial charge on any atom is 0.0825 e. The van der Waals surface area contributed by atoms with Gasteiger partial charge in [0.05, 0.1) is 11.1 Å². The Morgan fingerprint density at radius 1 is 0.923 bits per heavy atom. The molecule has 0 spiro atoms. The van der Waals surface area contributed by atoms with Crippen molar-refractivity contribution in [2.24, 2.45) is 5.92 Å². The molecule has 0 fully saturated rings. The Morgan fingerprint density at radius 3 is 2.15 bits per heavy atom. The molecule has 1 aromatic rings. The maximum absolute atomic E-state index is 10.2. The second kappa shape index (κ2) is 13.3. The zero-order valence-corrected chi connectivity index (χ0v) is 18.1. The van der Waals surface area contributed by atoms with Crippen molar-refractivity contribution in [3.63, 3.8) is 0 Å². The lowest BCUT2D eigenvalue weighted by molar-refractivity contribution is 0.146. The van der Waals surface area contributed by atoms with E-state index in [1.54, 1.807) is 0 Å². The number of anilines is 1. The molecular formula is C23H39NOS. The molecule has 0 heterocycles. The van der Waals surface area contributed by atoms with Gasteiger partial charge in [0.1, 0.15) is 0 Å². The van der Waals surface area contributed by atoms with Crippen molar-refractivity contribution in [2.45, 2.75) is 98.0 Å². The van der Waals surface area contributed by atoms with E-state index in [2.05, 4.69) is 51.2 Å². The van der Waals surface area contributed by atoms with Gasteiger partial charge in [0.2, 0.25) is 0 Å². The van der Waals surface area contributed by atoms with Crippen LogP contribution in [0.5, 0.6) is 0 Å². The van der Waals surface area contributed by atoms with Gasteiger partial charge in [0, 0.05) is 11.6 Å². The van der Waals surface area contributed by atoms with Gasteiger partial charge in [-0.15, -0.1) is 0 Å². The molecule has 0 aliphatic carbocycles. The lowest BCUT2D eigenvalue weighted by Gasteiger charge is -2.17. The van der Waals surface area contributed by atoms with E-state index in [1.165, 1.54) is 43.2 Å². The van der Waals surface area contributed by atoms with Crippen molar-refractivity contribution in [1.82, 2.24) is 0 Å². The minimum absolute atomic E-state index is 0.144. The van der Waals surface area contributed by atoms with E-state index in [-0.39, 0.29) is 6.10 Å². The fraction of sp³-hybridized carbons (Fsp3) is 0.696. The summed E-state index contributed by atoms with van der Waals surface area (Å²) in [5, 5.41) is 13.5. The van der Waals surface area contributed by atoms with Gasteiger partial charge < -0.3 is 10.4 Å². The number of thiocarbonyl (C=S) groups is 1. The maximum atomic E-state index is 10.2. The highest BCUT2D eigenvalue weighted by Gasteiger charge is 2.11. The predicted molar refractivity (Wildman–Crippen MR) is 119 cm³/mol. The first kappa shape index (κ1) is 23.1. The fourth-order valence-corrected chi connectivity index (χ4v) is 3.64. The molecule has 0 aliphatic rings. The number of hydrogen-bond acceptors (Lipinski definition) is 2. The summed E-state index contributed by atoms with van der Waals surface area (Å²) < 4.78 is 0. The zero-order valence-electron chi connectivity index (χ0n) is 17.3. The molecule has 0 saturated heterocycles. The highest BCUT2D eigenvalue weighted by Crippen LogP contribution is 2.19. The van der Waals surface area contributed by atoms with Crippen LogP contribution in [-0.2, 0) is 0 Å². The van der Waals surface area contributed by atoms with Gasteiger partial charge in [-0.3, -0.25) is 0 Å². The Kier molecular flexibility index (Phi) is 11.8. The largest absolute Gasteiger partial charge is 0.393 e. The SMILES string of the molecule is CCCCCCCC[C@H](O)CCCC(C)C(=S)Nc1cc(C)cc(C)c1. The van der Waals surface area contributed by atoms with E-state index >= 15 is 0 Å². The minimum atomic E-state index is -0.144. The summed E-state index contributed by atoms with van der Waals surface area (Å²) in [5.41, 5.74) is 3.59. The molecular weight excluding hydrogens is 338 g/mol. The summed E-state index contributed by atoms with van der Waals surface area (Å²) in [4.78, 5) is 0.903. The van der Waals surface area contributed by atoms with Gasteiger partial charge in [-0.2, -0.15) is 0 Å². The number of unbranched alkanes of at least 4 members (excludes halogenated alkanes) is 5. The average molecular weight is 378 g/mol. The highest BCUT2D eigenvalue weighted by molar-refractivity contribution is 7.80. The van der Waals surface area contributed by atoms with Gasteiger partial charge in [0.25, 0.3) is 0 Å². The zero-order chi connectivity index (χ0) is 19.4. The van der Waals surface area contributed by atoms with Crippen molar-refractivity contribution < 1.29 is 5.11 Å². The Bertz CT molecular complexity index is 509. The molecule has 2 nitrogen and oxygen atoms in total. The van der Waals surface area contributed by atoms with Gasteiger partial charge in [0.15, 0.2) is 0 Å². The average Bonchev–Trinajstić information content (AvgIpc) is 2.56. The van der Waals surface area contributed by atoms with Crippen LogP contribution in [0.25, 0.3) is 0 Å². The molecule has 1 rings (SSSR count). The monoisotopic (exact) mass is 377 g/mol. The van der Waals surface area contributed by atoms with Crippen LogP contribution < -0.4 is 5.32 Å². The first-order chi connectivity index (χ1) is 12.4. The van der Waals surface area contributed by atoms with E-state index in [4.69, 9.17) is 12.2 Å².